The highest BCUT2D eigenvalue weighted by Gasteiger charge is 2.32. The van der Waals surface area contributed by atoms with Gasteiger partial charge >= 0.3 is 0 Å². The van der Waals surface area contributed by atoms with Crippen LogP contribution in [0.25, 0.3) is 0 Å². The van der Waals surface area contributed by atoms with Crippen LogP contribution in [0.4, 0.5) is 0 Å². The van der Waals surface area contributed by atoms with Crippen molar-refractivity contribution in [1.82, 2.24) is 5.32 Å². The third kappa shape index (κ3) is 4.60. The van der Waals surface area contributed by atoms with Crippen molar-refractivity contribution in [2.24, 2.45) is 11.3 Å². The molecule has 2 nitrogen and oxygen atoms in total. The SMILES string of the molecule is CC1CC(N[C@H](CO)Cc2ccccc2)CC(C)(C)C1. The average Bonchev–Trinajstić information content (AvgIpc) is 2.36. The van der Waals surface area contributed by atoms with Crippen molar-refractivity contribution in [2.45, 2.75) is 58.5 Å². The quantitative estimate of drug-likeness (QED) is 0.863. The Hall–Kier alpha value is -0.860. The molecule has 1 aromatic rings. The lowest BCUT2D eigenvalue weighted by Gasteiger charge is -2.40. The van der Waals surface area contributed by atoms with E-state index >= 15 is 0 Å². The van der Waals surface area contributed by atoms with E-state index in [1.165, 1.54) is 24.8 Å². The van der Waals surface area contributed by atoms with Gasteiger partial charge in [-0.2, -0.15) is 0 Å². The molecule has 0 bridgehead atoms. The Balaban J connectivity index is 1.92. The lowest BCUT2D eigenvalue weighted by molar-refractivity contribution is 0.131. The second-order valence-electron chi connectivity index (χ2n) is 7.35. The fourth-order valence-corrected chi connectivity index (χ4v) is 3.88. The minimum absolute atomic E-state index is 0.170. The van der Waals surface area contributed by atoms with Crippen LogP contribution in [0.2, 0.25) is 0 Å². The zero-order valence-electron chi connectivity index (χ0n) is 13.1. The summed E-state index contributed by atoms with van der Waals surface area (Å²) in [7, 11) is 0. The van der Waals surface area contributed by atoms with Gasteiger partial charge in [0.05, 0.1) is 6.61 Å². The number of hydrogen-bond donors (Lipinski definition) is 2. The molecule has 2 N–H and O–H groups in total. The standard InChI is InChI=1S/C18H29NO/c1-14-9-16(12-18(2,3)11-14)19-17(13-20)10-15-7-5-4-6-8-15/h4-8,14,16-17,19-20H,9-13H2,1-3H3/t14?,16?,17-/m0/s1. The fraction of sp³-hybridized carbons (Fsp3) is 0.667. The first kappa shape index (κ1) is 15.5. The van der Waals surface area contributed by atoms with E-state index in [9.17, 15) is 5.11 Å². The maximum Gasteiger partial charge on any atom is 0.0587 e. The molecular weight excluding hydrogens is 246 g/mol. The van der Waals surface area contributed by atoms with E-state index in [2.05, 4.69) is 50.4 Å². The largest absolute Gasteiger partial charge is 0.395 e. The predicted octanol–water partition coefficient (Wildman–Crippen LogP) is 3.39. The van der Waals surface area contributed by atoms with Gasteiger partial charge in [0.15, 0.2) is 0 Å². The van der Waals surface area contributed by atoms with E-state index in [0.29, 0.717) is 11.5 Å². The van der Waals surface area contributed by atoms with Crippen molar-refractivity contribution in [3.05, 3.63) is 35.9 Å². The van der Waals surface area contributed by atoms with Crippen LogP contribution in [0, 0.1) is 11.3 Å². The third-order valence-electron chi connectivity index (χ3n) is 4.40. The van der Waals surface area contributed by atoms with Crippen molar-refractivity contribution in [3.63, 3.8) is 0 Å². The highest BCUT2D eigenvalue weighted by atomic mass is 16.3. The number of aliphatic hydroxyl groups excluding tert-OH is 1. The molecule has 0 amide bonds. The van der Waals surface area contributed by atoms with Crippen molar-refractivity contribution >= 4 is 0 Å². The summed E-state index contributed by atoms with van der Waals surface area (Å²) >= 11 is 0. The lowest BCUT2D eigenvalue weighted by Crippen LogP contribution is -2.47. The molecule has 1 aliphatic rings. The second kappa shape index (κ2) is 6.73. The molecule has 2 heteroatoms. The highest BCUT2D eigenvalue weighted by Crippen LogP contribution is 2.38. The van der Waals surface area contributed by atoms with E-state index in [-0.39, 0.29) is 12.6 Å². The van der Waals surface area contributed by atoms with Crippen LogP contribution in [0.3, 0.4) is 0 Å². The van der Waals surface area contributed by atoms with Gasteiger partial charge in [0.2, 0.25) is 0 Å². The predicted molar refractivity (Wildman–Crippen MR) is 84.7 cm³/mol. The van der Waals surface area contributed by atoms with Crippen molar-refractivity contribution < 1.29 is 5.11 Å². The van der Waals surface area contributed by atoms with Gasteiger partial charge < -0.3 is 10.4 Å². The maximum atomic E-state index is 9.65. The molecule has 2 unspecified atom stereocenters. The van der Waals surface area contributed by atoms with Crippen molar-refractivity contribution in [1.29, 1.82) is 0 Å². The van der Waals surface area contributed by atoms with E-state index < -0.39 is 0 Å². The van der Waals surface area contributed by atoms with Crippen LogP contribution >= 0.6 is 0 Å². The molecule has 2 rings (SSSR count). The van der Waals surface area contributed by atoms with Gasteiger partial charge in [-0.15, -0.1) is 0 Å². The highest BCUT2D eigenvalue weighted by molar-refractivity contribution is 5.16. The first-order chi connectivity index (χ1) is 9.48. The van der Waals surface area contributed by atoms with Gasteiger partial charge in [-0.1, -0.05) is 51.1 Å². The summed E-state index contributed by atoms with van der Waals surface area (Å²) in [5.74, 6) is 0.771. The summed E-state index contributed by atoms with van der Waals surface area (Å²) in [4.78, 5) is 0. The van der Waals surface area contributed by atoms with Gasteiger partial charge in [0, 0.05) is 12.1 Å². The Morgan fingerprint density at radius 2 is 1.95 bits per heavy atom. The van der Waals surface area contributed by atoms with Gasteiger partial charge in [0.1, 0.15) is 0 Å². The van der Waals surface area contributed by atoms with E-state index in [1.54, 1.807) is 0 Å². The Morgan fingerprint density at radius 1 is 1.25 bits per heavy atom. The van der Waals surface area contributed by atoms with E-state index in [0.717, 1.165) is 12.3 Å². The molecule has 3 atom stereocenters. The molecule has 1 fully saturated rings. The molecular formula is C18H29NO. The smallest absolute Gasteiger partial charge is 0.0587 e. The number of aliphatic hydroxyl groups is 1. The normalized spacial score (nSPS) is 27.2. The average molecular weight is 275 g/mol. The van der Waals surface area contributed by atoms with Crippen LogP contribution in [0.15, 0.2) is 30.3 Å². The molecule has 0 saturated heterocycles. The molecule has 0 radical (unpaired) electrons. The summed E-state index contributed by atoms with van der Waals surface area (Å²) in [6, 6.07) is 11.1. The first-order valence-electron chi connectivity index (χ1n) is 7.89. The third-order valence-corrected chi connectivity index (χ3v) is 4.40. The van der Waals surface area contributed by atoms with Gasteiger partial charge in [0.25, 0.3) is 0 Å². The van der Waals surface area contributed by atoms with Gasteiger partial charge in [-0.3, -0.25) is 0 Å². The molecule has 20 heavy (non-hydrogen) atoms. The molecule has 1 aromatic carbocycles. The fourth-order valence-electron chi connectivity index (χ4n) is 3.88. The summed E-state index contributed by atoms with van der Waals surface area (Å²) in [5, 5.41) is 13.3. The van der Waals surface area contributed by atoms with Crippen LogP contribution in [-0.4, -0.2) is 23.8 Å². The number of hydrogen-bond acceptors (Lipinski definition) is 2. The summed E-state index contributed by atoms with van der Waals surface area (Å²) in [6.45, 7) is 7.28. The molecule has 1 saturated carbocycles. The number of nitrogens with one attached hydrogen (secondary N) is 1. The second-order valence-corrected chi connectivity index (χ2v) is 7.35. The number of benzene rings is 1. The topological polar surface area (TPSA) is 32.3 Å². The van der Waals surface area contributed by atoms with E-state index in [1.807, 2.05) is 6.07 Å². The zero-order chi connectivity index (χ0) is 14.6. The molecule has 1 aliphatic carbocycles. The molecule has 0 spiro atoms. The maximum absolute atomic E-state index is 9.65. The van der Waals surface area contributed by atoms with Crippen molar-refractivity contribution in [2.75, 3.05) is 6.61 Å². The minimum Gasteiger partial charge on any atom is -0.395 e. The Labute approximate surface area is 123 Å². The minimum atomic E-state index is 0.170. The molecule has 0 heterocycles. The Morgan fingerprint density at radius 3 is 2.55 bits per heavy atom. The summed E-state index contributed by atoms with van der Waals surface area (Å²) < 4.78 is 0. The van der Waals surface area contributed by atoms with Gasteiger partial charge in [-0.25, -0.2) is 0 Å². The van der Waals surface area contributed by atoms with Gasteiger partial charge in [-0.05, 0) is 42.6 Å². The zero-order valence-corrected chi connectivity index (χ0v) is 13.1. The van der Waals surface area contributed by atoms with Crippen LogP contribution < -0.4 is 5.32 Å². The monoisotopic (exact) mass is 275 g/mol. The van der Waals surface area contributed by atoms with Crippen molar-refractivity contribution in [3.8, 4) is 0 Å². The molecule has 0 aliphatic heterocycles. The molecule has 0 aromatic heterocycles. The first-order valence-corrected chi connectivity index (χ1v) is 7.89. The Kier molecular flexibility index (Phi) is 5.22. The van der Waals surface area contributed by atoms with Crippen LogP contribution in [0.5, 0.6) is 0 Å². The van der Waals surface area contributed by atoms with Crippen LogP contribution in [-0.2, 0) is 6.42 Å². The van der Waals surface area contributed by atoms with Crippen LogP contribution in [0.1, 0.15) is 45.6 Å². The summed E-state index contributed by atoms with van der Waals surface area (Å²) in [5.41, 5.74) is 1.71. The Bertz CT molecular complexity index is 401. The number of rotatable bonds is 5. The summed E-state index contributed by atoms with van der Waals surface area (Å²) in [6.07, 6.45) is 4.66. The lowest BCUT2D eigenvalue weighted by atomic mass is 9.70. The van der Waals surface area contributed by atoms with E-state index in [4.69, 9.17) is 0 Å². The molecule has 112 valence electrons.